The van der Waals surface area contributed by atoms with Gasteiger partial charge in [-0.2, -0.15) is 5.26 Å². The quantitative estimate of drug-likeness (QED) is 0.295. The van der Waals surface area contributed by atoms with E-state index in [9.17, 15) is 19.2 Å². The topological polar surface area (TPSA) is 73.2 Å². The third-order valence-corrected chi connectivity index (χ3v) is 7.07. The van der Waals surface area contributed by atoms with Crippen molar-refractivity contribution in [2.75, 3.05) is 10.2 Å². The number of nitrogens with one attached hydrogen (secondary N) is 1. The van der Waals surface area contributed by atoms with Gasteiger partial charge in [0, 0.05) is 20.9 Å². The lowest BCUT2D eigenvalue weighted by Crippen LogP contribution is -2.30. The molecule has 1 N–H and O–H groups in total. The Morgan fingerprint density at radius 3 is 2.35 bits per heavy atom. The molecule has 1 atom stereocenters. The summed E-state index contributed by atoms with van der Waals surface area (Å²) in [6.07, 6.45) is 0.310. The van der Waals surface area contributed by atoms with Crippen LogP contribution in [0, 0.1) is 17.1 Å². The van der Waals surface area contributed by atoms with Crippen LogP contribution in [0.3, 0.4) is 0 Å². The number of hydrogen-bond donors (Lipinski definition) is 1. The highest BCUT2D eigenvalue weighted by atomic mass is 79.9. The molecule has 5 nitrogen and oxygen atoms in total. The van der Waals surface area contributed by atoms with Crippen LogP contribution in [0.2, 0.25) is 5.02 Å². The van der Waals surface area contributed by atoms with Crippen LogP contribution in [-0.4, -0.2) is 17.1 Å². The molecular formula is C25H16BrClFN3O2S. The molecule has 0 saturated carbocycles. The standard InChI is InChI=1S/C25H16BrClFN3O2S/c26-16-3-9-19(10-4-16)30-23(32)21(14-29)25-31(20-11-5-17(27)6-12-20)24(33)22(34-25)13-15-1-7-18(28)8-2-15/h1-12,22H,13H2,(H,30,32)/b25-21-/t22-/m0/s1. The van der Waals surface area contributed by atoms with Crippen molar-refractivity contribution in [2.45, 2.75) is 11.7 Å². The number of carbonyl (C=O) groups is 2. The van der Waals surface area contributed by atoms with E-state index in [0.717, 1.165) is 21.8 Å². The molecule has 3 aromatic rings. The van der Waals surface area contributed by atoms with Crippen molar-refractivity contribution < 1.29 is 14.0 Å². The van der Waals surface area contributed by atoms with Crippen molar-refractivity contribution in [1.82, 2.24) is 0 Å². The second kappa shape index (κ2) is 10.4. The first-order valence-electron chi connectivity index (χ1n) is 10.1. The SMILES string of the molecule is N#C/C(C(=O)Nc1ccc(Br)cc1)=C1/S[C@@H](Cc2ccc(F)cc2)C(=O)N1c1ccc(Cl)cc1. The van der Waals surface area contributed by atoms with Gasteiger partial charge in [0.25, 0.3) is 5.91 Å². The molecule has 1 fully saturated rings. The number of benzene rings is 3. The molecule has 1 aliphatic rings. The number of thioether (sulfide) groups is 1. The minimum atomic E-state index is -0.624. The van der Waals surface area contributed by atoms with Crippen LogP contribution in [0.1, 0.15) is 5.56 Å². The second-order valence-corrected chi connectivity index (χ2v) is 9.88. The minimum absolute atomic E-state index is 0.183. The largest absolute Gasteiger partial charge is 0.321 e. The first kappa shape index (κ1) is 24.0. The molecule has 0 aromatic heterocycles. The smallest absolute Gasteiger partial charge is 0.269 e. The highest BCUT2D eigenvalue weighted by Gasteiger charge is 2.40. The van der Waals surface area contributed by atoms with Crippen LogP contribution < -0.4 is 10.2 Å². The van der Waals surface area contributed by atoms with Crippen molar-refractivity contribution in [3.05, 3.63) is 104 Å². The fourth-order valence-corrected chi connectivity index (χ4v) is 5.07. The van der Waals surface area contributed by atoms with Gasteiger partial charge in [0.2, 0.25) is 5.91 Å². The molecular weight excluding hydrogens is 541 g/mol. The molecule has 0 spiro atoms. The van der Waals surface area contributed by atoms with Gasteiger partial charge in [0.1, 0.15) is 22.5 Å². The zero-order valence-corrected chi connectivity index (χ0v) is 20.6. The number of halogens is 3. The first-order chi connectivity index (χ1) is 16.4. The summed E-state index contributed by atoms with van der Waals surface area (Å²) in [4.78, 5) is 27.8. The molecule has 4 rings (SSSR count). The predicted molar refractivity (Wildman–Crippen MR) is 136 cm³/mol. The Hall–Kier alpha value is -3.12. The van der Waals surface area contributed by atoms with E-state index in [1.807, 2.05) is 6.07 Å². The predicted octanol–water partition coefficient (Wildman–Crippen LogP) is 6.31. The van der Waals surface area contributed by atoms with Crippen molar-refractivity contribution in [2.24, 2.45) is 0 Å². The summed E-state index contributed by atoms with van der Waals surface area (Å²) in [5.41, 5.74) is 1.58. The maximum absolute atomic E-state index is 13.4. The summed E-state index contributed by atoms with van der Waals surface area (Å²) in [6.45, 7) is 0. The van der Waals surface area contributed by atoms with Gasteiger partial charge in [0.15, 0.2) is 0 Å². The summed E-state index contributed by atoms with van der Waals surface area (Å²) < 4.78 is 14.2. The summed E-state index contributed by atoms with van der Waals surface area (Å²) in [7, 11) is 0. The Morgan fingerprint density at radius 1 is 1.09 bits per heavy atom. The van der Waals surface area contributed by atoms with E-state index in [1.165, 1.54) is 17.0 Å². The van der Waals surface area contributed by atoms with Crippen LogP contribution in [0.25, 0.3) is 0 Å². The van der Waals surface area contributed by atoms with E-state index < -0.39 is 11.2 Å². The van der Waals surface area contributed by atoms with E-state index >= 15 is 0 Å². The number of rotatable bonds is 5. The molecule has 0 radical (unpaired) electrons. The minimum Gasteiger partial charge on any atom is -0.321 e. The normalized spacial score (nSPS) is 16.8. The number of nitriles is 1. The van der Waals surface area contributed by atoms with Gasteiger partial charge in [-0.05, 0) is 72.6 Å². The molecule has 0 aliphatic carbocycles. The van der Waals surface area contributed by atoms with Gasteiger partial charge in [0.05, 0.1) is 5.25 Å². The van der Waals surface area contributed by atoms with Crippen molar-refractivity contribution in [1.29, 1.82) is 5.26 Å². The van der Waals surface area contributed by atoms with Crippen LogP contribution in [-0.2, 0) is 16.0 Å². The lowest BCUT2D eigenvalue weighted by molar-refractivity contribution is -0.117. The summed E-state index contributed by atoms with van der Waals surface area (Å²) in [5.74, 6) is -1.27. The summed E-state index contributed by atoms with van der Waals surface area (Å²) in [5, 5.41) is 12.7. The molecule has 3 aromatic carbocycles. The zero-order valence-electron chi connectivity index (χ0n) is 17.5. The third kappa shape index (κ3) is 5.33. The molecule has 0 bridgehead atoms. The molecule has 170 valence electrons. The Balaban J connectivity index is 1.71. The van der Waals surface area contributed by atoms with E-state index in [2.05, 4.69) is 21.2 Å². The number of hydrogen-bond acceptors (Lipinski definition) is 4. The van der Waals surface area contributed by atoms with Crippen molar-refractivity contribution in [3.8, 4) is 6.07 Å². The van der Waals surface area contributed by atoms with Crippen LogP contribution in [0.4, 0.5) is 15.8 Å². The van der Waals surface area contributed by atoms with Gasteiger partial charge in [-0.15, -0.1) is 0 Å². The highest BCUT2D eigenvalue weighted by molar-refractivity contribution is 9.10. The average Bonchev–Trinajstić information content (AvgIpc) is 3.13. The maximum Gasteiger partial charge on any atom is 0.269 e. The van der Waals surface area contributed by atoms with E-state index in [4.69, 9.17) is 11.6 Å². The molecule has 1 aliphatic heterocycles. The van der Waals surface area contributed by atoms with Gasteiger partial charge in [-0.1, -0.05) is 51.4 Å². The number of amides is 2. The van der Waals surface area contributed by atoms with Crippen LogP contribution in [0.15, 0.2) is 87.9 Å². The number of carbonyl (C=O) groups excluding carboxylic acids is 2. The first-order valence-corrected chi connectivity index (χ1v) is 12.1. The highest BCUT2D eigenvalue weighted by Crippen LogP contribution is 2.42. The Kier molecular flexibility index (Phi) is 7.37. The maximum atomic E-state index is 13.4. The van der Waals surface area contributed by atoms with E-state index in [1.54, 1.807) is 60.7 Å². The molecule has 1 heterocycles. The number of anilines is 2. The monoisotopic (exact) mass is 555 g/mol. The van der Waals surface area contributed by atoms with Gasteiger partial charge < -0.3 is 5.32 Å². The van der Waals surface area contributed by atoms with Crippen molar-refractivity contribution in [3.63, 3.8) is 0 Å². The Labute approximate surface area is 213 Å². The zero-order chi connectivity index (χ0) is 24.2. The average molecular weight is 557 g/mol. The lowest BCUT2D eigenvalue weighted by atomic mass is 10.1. The molecule has 1 saturated heterocycles. The molecule has 9 heteroatoms. The van der Waals surface area contributed by atoms with E-state index in [0.29, 0.717) is 22.8 Å². The summed E-state index contributed by atoms with van der Waals surface area (Å²) in [6, 6.07) is 21.4. The second-order valence-electron chi connectivity index (χ2n) is 7.34. The summed E-state index contributed by atoms with van der Waals surface area (Å²) >= 11 is 10.5. The third-order valence-electron chi connectivity index (χ3n) is 5.03. The van der Waals surface area contributed by atoms with Crippen LogP contribution >= 0.6 is 39.3 Å². The van der Waals surface area contributed by atoms with Gasteiger partial charge in [-0.3, -0.25) is 14.5 Å². The molecule has 34 heavy (non-hydrogen) atoms. The lowest BCUT2D eigenvalue weighted by Gasteiger charge is -2.19. The molecule has 2 amide bonds. The van der Waals surface area contributed by atoms with E-state index in [-0.39, 0.29) is 22.3 Å². The fraction of sp³-hybridized carbons (Fsp3) is 0.0800. The Bertz CT molecular complexity index is 1310. The van der Waals surface area contributed by atoms with Crippen LogP contribution in [0.5, 0.6) is 0 Å². The molecule has 0 unspecified atom stereocenters. The fourth-order valence-electron chi connectivity index (χ4n) is 3.37. The number of nitrogens with zero attached hydrogens (tertiary/aromatic N) is 2. The van der Waals surface area contributed by atoms with Crippen molar-refractivity contribution >= 4 is 62.5 Å². The van der Waals surface area contributed by atoms with Gasteiger partial charge >= 0.3 is 0 Å². The Morgan fingerprint density at radius 2 is 1.74 bits per heavy atom. The van der Waals surface area contributed by atoms with Gasteiger partial charge in [-0.25, -0.2) is 4.39 Å².